The summed E-state index contributed by atoms with van der Waals surface area (Å²) in [5, 5.41) is 0.0221. The van der Waals surface area contributed by atoms with Gasteiger partial charge in [-0.3, -0.25) is 4.57 Å². The molecule has 0 N–H and O–H groups in total. The van der Waals surface area contributed by atoms with Crippen molar-refractivity contribution in [2.45, 2.75) is 105 Å². The number of hydrogen-bond acceptors (Lipinski definition) is 2. The van der Waals surface area contributed by atoms with E-state index in [0.29, 0.717) is 28.3 Å². The molecule has 0 bridgehead atoms. The van der Waals surface area contributed by atoms with E-state index in [9.17, 15) is 16.4 Å². The van der Waals surface area contributed by atoms with Gasteiger partial charge in [-0.25, -0.2) is 4.98 Å². The van der Waals surface area contributed by atoms with Gasteiger partial charge in [0.1, 0.15) is 5.82 Å². The zero-order valence-electron chi connectivity index (χ0n) is 63.6. The molecule has 83 heavy (non-hydrogen) atoms. The molecular formula is C76H72N4OPtSi-2. The van der Waals surface area contributed by atoms with Gasteiger partial charge in [-0.15, -0.1) is 29.7 Å². The summed E-state index contributed by atoms with van der Waals surface area (Å²) >= 11 is 0. The fourth-order valence-corrected chi connectivity index (χ4v) is 14.8. The Labute approximate surface area is 527 Å². The van der Waals surface area contributed by atoms with Gasteiger partial charge in [0.15, 0.2) is 8.07 Å². The molecule has 3 heterocycles. The van der Waals surface area contributed by atoms with Crippen molar-refractivity contribution in [1.29, 1.82) is 0 Å². The predicted octanol–water partition coefficient (Wildman–Crippen LogP) is 15.8. The minimum atomic E-state index is -5.60. The van der Waals surface area contributed by atoms with Gasteiger partial charge in [0, 0.05) is 44.3 Å². The number of para-hydroxylation sites is 2. The second kappa shape index (κ2) is 21.7. The molecule has 12 aromatic rings. The Morgan fingerprint density at radius 3 is 1.70 bits per heavy atom. The molecule has 0 aliphatic rings. The number of benzene rings is 9. The van der Waals surface area contributed by atoms with Crippen LogP contribution in [0.25, 0.3) is 61.2 Å². The Morgan fingerprint density at radius 2 is 1.10 bits per heavy atom. The maximum Gasteiger partial charge on any atom is 0.268 e. The van der Waals surface area contributed by atoms with Crippen LogP contribution in [0.3, 0.4) is 0 Å². The summed E-state index contributed by atoms with van der Waals surface area (Å²) in [5.74, 6) is 1.29. The van der Waals surface area contributed by atoms with Crippen LogP contribution in [0.5, 0.6) is 11.5 Å². The average molecular weight is 1300 g/mol. The quantitative estimate of drug-likeness (QED) is 0.0592. The van der Waals surface area contributed by atoms with Gasteiger partial charge in [-0.2, -0.15) is 18.2 Å². The molecule has 0 radical (unpaired) electrons. The summed E-state index contributed by atoms with van der Waals surface area (Å²) in [7, 11) is -5.60. The topological polar surface area (TPSA) is 35.9 Å². The van der Waals surface area contributed by atoms with Crippen molar-refractivity contribution in [3.63, 3.8) is 0 Å². The number of nitrogens with zero attached hydrogens (tertiary/aromatic N) is 4. The van der Waals surface area contributed by atoms with Gasteiger partial charge < -0.3 is 13.9 Å². The first-order chi connectivity index (χ1) is 45.4. The number of hydrogen-bond donors (Lipinski definition) is 0. The molecule has 0 atom stereocenters. The van der Waals surface area contributed by atoms with E-state index in [0.717, 1.165) is 55.4 Å². The first-order valence-electron chi connectivity index (χ1n) is 35.0. The van der Waals surface area contributed by atoms with Crippen molar-refractivity contribution in [1.82, 2.24) is 14.1 Å². The normalized spacial score (nSPS) is 15.0. The molecule has 418 valence electrons. The maximum absolute atomic E-state index is 9.86. The molecule has 0 saturated carbocycles. The Hall–Kier alpha value is -7.89. The number of fused-ring (bicyclic) bond motifs is 4. The zero-order valence-corrected chi connectivity index (χ0v) is 51.9. The van der Waals surface area contributed by atoms with Crippen LogP contribution in [0, 0.1) is 18.5 Å². The largest absolute Gasteiger partial charge is 0.510 e. The van der Waals surface area contributed by atoms with E-state index in [4.69, 9.17) is 13.8 Å². The molecular weight excluding hydrogens is 1210 g/mol. The Morgan fingerprint density at radius 1 is 0.506 bits per heavy atom. The minimum absolute atomic E-state index is 0. The molecule has 0 unspecified atom stereocenters. The van der Waals surface area contributed by atoms with Crippen LogP contribution in [0.4, 0.5) is 0 Å². The fourth-order valence-electron chi connectivity index (χ4n) is 11.0. The number of aromatic nitrogens is 4. The molecule has 0 aliphatic heterocycles. The van der Waals surface area contributed by atoms with E-state index in [2.05, 4.69) is 149 Å². The van der Waals surface area contributed by atoms with Crippen molar-refractivity contribution < 1.29 is 50.9 Å². The van der Waals surface area contributed by atoms with Crippen LogP contribution >= 0.6 is 0 Å². The van der Waals surface area contributed by atoms with E-state index in [1.54, 1.807) is 41.0 Å². The molecule has 3 aromatic heterocycles. The summed E-state index contributed by atoms with van der Waals surface area (Å²) in [6.07, 6.45) is 5.53. The maximum atomic E-state index is 9.86. The second-order valence-corrected chi connectivity index (χ2v) is 28.6. The van der Waals surface area contributed by atoms with Gasteiger partial charge in [-0.1, -0.05) is 252 Å². The molecule has 0 saturated heterocycles. The van der Waals surface area contributed by atoms with Crippen molar-refractivity contribution >= 4 is 61.7 Å². The number of rotatable bonds is 10. The first-order valence-corrected chi connectivity index (χ1v) is 29.5. The van der Waals surface area contributed by atoms with Crippen LogP contribution in [0.1, 0.15) is 126 Å². The van der Waals surface area contributed by atoms with E-state index in [-0.39, 0.29) is 53.8 Å². The van der Waals surface area contributed by atoms with E-state index >= 15 is 0 Å². The SMILES string of the molecule is [2H]c1c([2H])c([2H])c([Si](c2ccc3c(c2)n(-c2[c-]c(Oc4[c-]c5c(cc4)c4ccccc4n5-c4cc(C(C)(C)C)ccn4)ccc2)[c-][n+]3-c2c(-c3cc(C(C)(C)C)cc(C(C)(C)C)c3)cccc2C(C)(C)C)(c2c([2H])c([2H])c([2H])c([2H])c2[2H])c2c([2H])c([2H])c([2H])c([2H])c2[2H])c([2H])c1[2H].[Pt]. The van der Waals surface area contributed by atoms with E-state index in [1.165, 1.54) is 0 Å². The summed E-state index contributed by atoms with van der Waals surface area (Å²) in [5.41, 5.74) is 8.09. The summed E-state index contributed by atoms with van der Waals surface area (Å²) in [6, 6.07) is 33.2. The Balaban J connectivity index is 0.00000972. The molecule has 5 nitrogen and oxygen atoms in total. The van der Waals surface area contributed by atoms with Crippen LogP contribution in [-0.2, 0) is 42.7 Å². The summed E-state index contributed by atoms with van der Waals surface area (Å²) in [6.45, 7) is 25.9. The Bertz CT molecular complexity index is 5000. The summed E-state index contributed by atoms with van der Waals surface area (Å²) < 4.78 is 153. The fraction of sp³-hybridized carbons (Fsp3) is 0.211. The van der Waals surface area contributed by atoms with Gasteiger partial charge in [0.25, 0.3) is 6.33 Å². The second-order valence-electron chi connectivity index (χ2n) is 25.1. The van der Waals surface area contributed by atoms with Crippen LogP contribution in [0.15, 0.2) is 218 Å². The number of ether oxygens (including phenoxy) is 1. The van der Waals surface area contributed by atoms with Crippen LogP contribution in [-0.4, -0.2) is 22.2 Å². The van der Waals surface area contributed by atoms with Gasteiger partial charge in [-0.05, 0) is 105 Å². The number of imidazole rings is 1. The average Bonchev–Trinajstić information content (AvgIpc) is 0.752. The molecule has 7 heteroatoms. The molecule has 12 rings (SSSR count). The molecule has 9 aromatic carbocycles. The summed E-state index contributed by atoms with van der Waals surface area (Å²) in [4.78, 5) is 4.86. The molecule has 0 aliphatic carbocycles. The van der Waals surface area contributed by atoms with Crippen molar-refractivity contribution in [2.24, 2.45) is 0 Å². The monoisotopic (exact) mass is 1290 g/mol. The third-order valence-corrected chi connectivity index (χ3v) is 19.5. The zero-order chi connectivity index (χ0) is 70.4. The first kappa shape index (κ1) is 41.2. The third kappa shape index (κ3) is 10.5. The van der Waals surface area contributed by atoms with Gasteiger partial charge >= 0.3 is 0 Å². The smallest absolute Gasteiger partial charge is 0.268 e. The van der Waals surface area contributed by atoms with Crippen LogP contribution < -0.4 is 30.1 Å². The van der Waals surface area contributed by atoms with E-state index < -0.39 is 120 Å². The third-order valence-electron chi connectivity index (χ3n) is 15.4. The predicted molar refractivity (Wildman–Crippen MR) is 344 cm³/mol. The minimum Gasteiger partial charge on any atom is -0.510 e. The van der Waals surface area contributed by atoms with Crippen molar-refractivity contribution in [2.75, 3.05) is 0 Å². The molecule has 0 spiro atoms. The molecule has 0 fully saturated rings. The van der Waals surface area contributed by atoms with Gasteiger partial charge in [0.2, 0.25) is 0 Å². The van der Waals surface area contributed by atoms with Gasteiger partial charge in [0.05, 0.1) is 37.3 Å². The van der Waals surface area contributed by atoms with Crippen LogP contribution in [0.2, 0.25) is 0 Å². The molecule has 0 amide bonds. The number of pyridine rings is 1. The van der Waals surface area contributed by atoms with Crippen molar-refractivity contribution in [3.8, 4) is 39.8 Å². The van der Waals surface area contributed by atoms with Crippen molar-refractivity contribution in [3.05, 3.63) is 259 Å². The van der Waals surface area contributed by atoms with E-state index in [1.807, 2.05) is 53.2 Å². The standard InChI is InChI=1S/C76H72N4OSi.Pt/c1-73(2,3)53-42-43-77-71(47-53)80-67-37-23-22-34-64(67)65-40-38-58(49-69(65)80)81-57-27-24-26-56(48-57)78-51-79(72-63(35-25-36-66(72)76(10,11)12)52-44-54(74(4,5)6)46-55(45-52)75(7,8)9)68-41-39-62(50-70(68)78)82(59-28-16-13-17-29-59,60-30-18-14-19-31-60)61-32-20-15-21-33-61;/h13-47,50H,1-12H3;/q-2;/i13D,14D,15D,16D,17D,18D,19D,20D,21D,28D,29D,30D,31D,32D,33D;. The Kier molecular flexibility index (Phi) is 10.8.